The van der Waals surface area contributed by atoms with Gasteiger partial charge in [0.1, 0.15) is 0 Å². The first-order chi connectivity index (χ1) is 8.73. The number of carbonyl (C=O) groups excluding carboxylic acids is 1. The molecule has 0 unspecified atom stereocenters. The van der Waals surface area contributed by atoms with Gasteiger partial charge in [0, 0.05) is 23.0 Å². The third-order valence-corrected chi connectivity index (χ3v) is 4.21. The minimum atomic E-state index is -0.255. The van der Waals surface area contributed by atoms with Gasteiger partial charge < -0.3 is 10.2 Å². The van der Waals surface area contributed by atoms with E-state index in [-0.39, 0.29) is 17.0 Å². The molecule has 1 N–H and O–H groups in total. The average Bonchev–Trinajstić information content (AvgIpc) is 2.36. The molecule has 1 saturated heterocycles. The van der Waals surface area contributed by atoms with Crippen LogP contribution in [0.3, 0.4) is 0 Å². The molecule has 1 amide bonds. The molecule has 2 rings (SSSR count). The molecule has 0 radical (unpaired) electrons. The summed E-state index contributed by atoms with van der Waals surface area (Å²) in [5.41, 5.74) is 0.524. The molecule has 1 aromatic carbocycles. The summed E-state index contributed by atoms with van der Waals surface area (Å²) in [6.07, 6.45) is 0.498. The molecule has 0 saturated carbocycles. The lowest BCUT2D eigenvalue weighted by Crippen LogP contribution is -2.51. The SMILES string of the molecule is CC1(C)CC(=O)N(c2ccccc2Br)C(C)(C)CN1. The van der Waals surface area contributed by atoms with Gasteiger partial charge in [0.2, 0.25) is 5.91 Å². The van der Waals surface area contributed by atoms with E-state index in [0.29, 0.717) is 6.42 Å². The smallest absolute Gasteiger partial charge is 0.229 e. The zero-order valence-electron chi connectivity index (χ0n) is 12.0. The first-order valence-electron chi connectivity index (χ1n) is 6.56. The van der Waals surface area contributed by atoms with Crippen LogP contribution in [0, 0.1) is 0 Å². The largest absolute Gasteiger partial charge is 0.309 e. The summed E-state index contributed by atoms with van der Waals surface area (Å²) in [4.78, 5) is 14.6. The van der Waals surface area contributed by atoms with Crippen LogP contribution in [-0.4, -0.2) is 23.5 Å². The molecule has 1 aromatic rings. The summed E-state index contributed by atoms with van der Waals surface area (Å²) in [5.74, 6) is 0.159. The van der Waals surface area contributed by atoms with E-state index in [9.17, 15) is 4.79 Å². The van der Waals surface area contributed by atoms with E-state index >= 15 is 0 Å². The van der Waals surface area contributed by atoms with Gasteiger partial charge in [-0.1, -0.05) is 12.1 Å². The molecule has 0 aliphatic carbocycles. The number of hydrogen-bond donors (Lipinski definition) is 1. The van der Waals surface area contributed by atoms with Crippen molar-refractivity contribution in [3.05, 3.63) is 28.7 Å². The zero-order chi connectivity index (χ0) is 14.3. The molecule has 0 atom stereocenters. The van der Waals surface area contributed by atoms with Crippen molar-refractivity contribution >= 4 is 27.5 Å². The Hall–Kier alpha value is -0.870. The van der Waals surface area contributed by atoms with Crippen LogP contribution in [0.5, 0.6) is 0 Å². The van der Waals surface area contributed by atoms with Crippen LogP contribution in [0.2, 0.25) is 0 Å². The standard InChI is InChI=1S/C15H21BrN2O/c1-14(2)9-13(19)18(15(3,4)10-17-14)12-8-6-5-7-11(12)16/h5-8,17H,9-10H2,1-4H3. The van der Waals surface area contributed by atoms with Crippen LogP contribution >= 0.6 is 15.9 Å². The average molecular weight is 325 g/mol. The summed E-state index contributed by atoms with van der Waals surface area (Å²) in [7, 11) is 0. The second kappa shape index (κ2) is 4.91. The fourth-order valence-electron chi connectivity index (χ4n) is 2.49. The summed E-state index contributed by atoms with van der Waals surface area (Å²) in [6, 6.07) is 7.89. The Morgan fingerprint density at radius 2 is 1.84 bits per heavy atom. The normalized spacial score (nSPS) is 22.2. The zero-order valence-corrected chi connectivity index (χ0v) is 13.5. The van der Waals surface area contributed by atoms with Crippen LogP contribution in [0.4, 0.5) is 5.69 Å². The highest BCUT2D eigenvalue weighted by molar-refractivity contribution is 9.10. The molecule has 1 aliphatic heterocycles. The topological polar surface area (TPSA) is 32.3 Å². The van der Waals surface area contributed by atoms with Crippen LogP contribution in [0.1, 0.15) is 34.1 Å². The number of hydrogen-bond acceptors (Lipinski definition) is 2. The molecule has 1 aliphatic rings. The molecular formula is C15H21BrN2O. The van der Waals surface area contributed by atoms with E-state index < -0.39 is 0 Å². The first-order valence-corrected chi connectivity index (χ1v) is 7.35. The van der Waals surface area contributed by atoms with E-state index in [2.05, 4.69) is 48.9 Å². The number of benzene rings is 1. The number of amides is 1. The van der Waals surface area contributed by atoms with Gasteiger partial charge in [-0.2, -0.15) is 0 Å². The lowest BCUT2D eigenvalue weighted by Gasteiger charge is -2.37. The van der Waals surface area contributed by atoms with E-state index in [1.807, 2.05) is 29.2 Å². The molecule has 3 nitrogen and oxygen atoms in total. The third-order valence-electron chi connectivity index (χ3n) is 3.54. The molecule has 1 fully saturated rings. The minimum absolute atomic E-state index is 0.159. The van der Waals surface area contributed by atoms with Crippen molar-refractivity contribution in [3.8, 4) is 0 Å². The highest BCUT2D eigenvalue weighted by Gasteiger charge is 2.39. The number of rotatable bonds is 1. The lowest BCUT2D eigenvalue weighted by molar-refractivity contribution is -0.120. The lowest BCUT2D eigenvalue weighted by atomic mass is 10.0. The van der Waals surface area contributed by atoms with Crippen molar-refractivity contribution in [1.29, 1.82) is 0 Å². The minimum Gasteiger partial charge on any atom is -0.309 e. The Labute approximate surface area is 123 Å². The van der Waals surface area contributed by atoms with Crippen LogP contribution in [-0.2, 0) is 4.79 Å². The maximum atomic E-state index is 12.7. The van der Waals surface area contributed by atoms with Gasteiger partial charge in [-0.25, -0.2) is 0 Å². The highest BCUT2D eigenvalue weighted by Crippen LogP contribution is 2.34. The maximum Gasteiger partial charge on any atom is 0.229 e. The Kier molecular flexibility index (Phi) is 3.76. The summed E-state index contributed by atoms with van der Waals surface area (Å²) in [6.45, 7) is 9.11. The highest BCUT2D eigenvalue weighted by atomic mass is 79.9. The predicted octanol–water partition coefficient (Wildman–Crippen LogP) is 3.33. The third kappa shape index (κ3) is 3.00. The molecule has 19 heavy (non-hydrogen) atoms. The van der Waals surface area contributed by atoms with Gasteiger partial charge in [-0.3, -0.25) is 4.79 Å². The molecule has 0 aromatic heterocycles. The molecular weight excluding hydrogens is 304 g/mol. The van der Waals surface area contributed by atoms with Gasteiger partial charge >= 0.3 is 0 Å². The van der Waals surface area contributed by atoms with E-state index in [1.54, 1.807) is 0 Å². The van der Waals surface area contributed by atoms with Crippen LogP contribution in [0.15, 0.2) is 28.7 Å². The Bertz CT molecular complexity index is 497. The summed E-state index contributed by atoms with van der Waals surface area (Å²) in [5, 5.41) is 3.48. The van der Waals surface area contributed by atoms with Gasteiger partial charge in [-0.05, 0) is 55.8 Å². The van der Waals surface area contributed by atoms with Crippen molar-refractivity contribution in [2.75, 3.05) is 11.4 Å². The van der Waals surface area contributed by atoms with Crippen molar-refractivity contribution < 1.29 is 4.79 Å². The van der Waals surface area contributed by atoms with Gasteiger partial charge in [0.25, 0.3) is 0 Å². The van der Waals surface area contributed by atoms with E-state index in [0.717, 1.165) is 16.7 Å². The van der Waals surface area contributed by atoms with E-state index in [4.69, 9.17) is 0 Å². The second-order valence-corrected chi connectivity index (χ2v) is 7.26. The van der Waals surface area contributed by atoms with Gasteiger partial charge in [-0.15, -0.1) is 0 Å². The fourth-order valence-corrected chi connectivity index (χ4v) is 2.95. The van der Waals surface area contributed by atoms with Gasteiger partial charge in [0.05, 0.1) is 11.2 Å². The van der Waals surface area contributed by atoms with Crippen molar-refractivity contribution in [1.82, 2.24) is 5.32 Å². The Morgan fingerprint density at radius 1 is 1.21 bits per heavy atom. The molecule has 104 valence electrons. The number of nitrogens with zero attached hydrogens (tertiary/aromatic N) is 1. The number of para-hydroxylation sites is 1. The number of anilines is 1. The maximum absolute atomic E-state index is 12.7. The number of nitrogens with one attached hydrogen (secondary N) is 1. The number of carbonyl (C=O) groups is 1. The summed E-state index contributed by atoms with van der Waals surface area (Å²) < 4.78 is 0.955. The monoisotopic (exact) mass is 324 g/mol. The van der Waals surface area contributed by atoms with Gasteiger partial charge in [0.15, 0.2) is 0 Å². The van der Waals surface area contributed by atoms with Crippen LogP contribution in [0.25, 0.3) is 0 Å². The number of halogens is 1. The Balaban J connectivity index is 2.47. The van der Waals surface area contributed by atoms with Crippen molar-refractivity contribution in [3.63, 3.8) is 0 Å². The molecule has 0 bridgehead atoms. The van der Waals surface area contributed by atoms with E-state index in [1.165, 1.54) is 0 Å². The quantitative estimate of drug-likeness (QED) is 0.859. The van der Waals surface area contributed by atoms with Crippen LogP contribution < -0.4 is 10.2 Å². The Morgan fingerprint density at radius 3 is 2.47 bits per heavy atom. The predicted molar refractivity (Wildman–Crippen MR) is 82.4 cm³/mol. The summed E-state index contributed by atoms with van der Waals surface area (Å²) >= 11 is 3.55. The van der Waals surface area contributed by atoms with Crippen molar-refractivity contribution in [2.45, 2.75) is 45.2 Å². The first kappa shape index (κ1) is 14.5. The second-order valence-electron chi connectivity index (χ2n) is 6.41. The fraction of sp³-hybridized carbons (Fsp3) is 0.533. The van der Waals surface area contributed by atoms with Crippen molar-refractivity contribution in [2.24, 2.45) is 0 Å². The molecule has 0 spiro atoms. The molecule has 4 heteroatoms. The molecule has 1 heterocycles.